The number of aliphatic imine (C=N–C) groups is 1. The Morgan fingerprint density at radius 2 is 2.11 bits per heavy atom. The van der Waals surface area contributed by atoms with E-state index in [4.69, 9.17) is 0 Å². The molecule has 1 fully saturated rings. The summed E-state index contributed by atoms with van der Waals surface area (Å²) in [6, 6.07) is 0. The minimum absolute atomic E-state index is 0.212. The van der Waals surface area contributed by atoms with Gasteiger partial charge in [-0.15, -0.1) is 0 Å². The van der Waals surface area contributed by atoms with Crippen LogP contribution >= 0.6 is 0 Å². The predicted octanol–water partition coefficient (Wildman–Crippen LogP) is 3.55. The number of nitrogens with zero attached hydrogens (tertiary/aromatic N) is 2. The Labute approximate surface area is 111 Å². The first-order chi connectivity index (χ1) is 8.60. The Morgan fingerprint density at radius 3 is 2.61 bits per heavy atom. The molecule has 0 saturated carbocycles. The fraction of sp³-hybridized carbons (Fsp3) is 0.733. The Kier molecular flexibility index (Phi) is 6.10. The van der Waals surface area contributed by atoms with Crippen LogP contribution in [0.4, 0.5) is 0 Å². The minimum atomic E-state index is 0.212. The zero-order valence-electron chi connectivity index (χ0n) is 12.3. The van der Waals surface area contributed by atoms with Crippen molar-refractivity contribution in [1.82, 2.24) is 4.90 Å². The standard InChI is InChI=1S/C15H26N2O/c1-5-7-9-13(18)15(12(3)6-2)16-14-10-8-11-17(14)4/h5-11H2,1-4H3/b15-12-,16-14-. The molecule has 1 aliphatic rings. The molecule has 1 heterocycles. The number of carbonyl (C=O) groups is 1. The van der Waals surface area contributed by atoms with E-state index in [1.54, 1.807) is 0 Å². The van der Waals surface area contributed by atoms with Crippen LogP contribution in [0.3, 0.4) is 0 Å². The molecule has 0 N–H and O–H groups in total. The van der Waals surface area contributed by atoms with Gasteiger partial charge in [-0.2, -0.15) is 0 Å². The first kappa shape index (κ1) is 14.9. The smallest absolute Gasteiger partial charge is 0.181 e. The number of ketones is 1. The van der Waals surface area contributed by atoms with Crippen molar-refractivity contribution in [3.8, 4) is 0 Å². The van der Waals surface area contributed by atoms with Crippen LogP contribution in [0.5, 0.6) is 0 Å². The van der Waals surface area contributed by atoms with Gasteiger partial charge in [0.1, 0.15) is 11.5 Å². The first-order valence-corrected chi connectivity index (χ1v) is 7.11. The van der Waals surface area contributed by atoms with Crippen LogP contribution in [0, 0.1) is 0 Å². The van der Waals surface area contributed by atoms with Gasteiger partial charge in [-0.05, 0) is 31.8 Å². The van der Waals surface area contributed by atoms with E-state index in [2.05, 4.69) is 30.8 Å². The van der Waals surface area contributed by atoms with Gasteiger partial charge < -0.3 is 4.90 Å². The summed E-state index contributed by atoms with van der Waals surface area (Å²) in [4.78, 5) is 19.0. The molecule has 1 rings (SSSR count). The van der Waals surface area contributed by atoms with E-state index in [0.29, 0.717) is 6.42 Å². The first-order valence-electron chi connectivity index (χ1n) is 7.11. The van der Waals surface area contributed by atoms with Crippen LogP contribution in [0.15, 0.2) is 16.3 Å². The maximum atomic E-state index is 12.2. The number of Topliss-reactive ketones (excluding diaryl/α,β-unsaturated/α-hetero) is 1. The molecule has 0 amide bonds. The number of unbranched alkanes of at least 4 members (excludes halogenated alkanes) is 1. The second-order valence-corrected chi connectivity index (χ2v) is 5.06. The number of likely N-dealkylation sites (tertiary alicyclic amines) is 1. The number of rotatable bonds is 6. The lowest BCUT2D eigenvalue weighted by Crippen LogP contribution is -2.20. The molecule has 1 aliphatic heterocycles. The van der Waals surface area contributed by atoms with Gasteiger partial charge in [-0.1, -0.05) is 20.3 Å². The molecule has 1 saturated heterocycles. The summed E-state index contributed by atoms with van der Waals surface area (Å²) < 4.78 is 0. The Morgan fingerprint density at radius 1 is 1.39 bits per heavy atom. The highest BCUT2D eigenvalue weighted by molar-refractivity contribution is 5.99. The number of hydrogen-bond acceptors (Lipinski definition) is 2. The van der Waals surface area contributed by atoms with Crippen LogP contribution in [-0.2, 0) is 4.79 Å². The molecule has 0 unspecified atom stereocenters. The second kappa shape index (κ2) is 7.34. The van der Waals surface area contributed by atoms with Crippen molar-refractivity contribution in [3.63, 3.8) is 0 Å². The van der Waals surface area contributed by atoms with Crippen LogP contribution in [-0.4, -0.2) is 30.1 Å². The predicted molar refractivity (Wildman–Crippen MR) is 76.8 cm³/mol. The van der Waals surface area contributed by atoms with E-state index in [1.165, 1.54) is 0 Å². The molecule has 0 atom stereocenters. The highest BCUT2D eigenvalue weighted by Crippen LogP contribution is 2.18. The molecule has 0 aromatic heterocycles. The number of allylic oxidation sites excluding steroid dienone is 2. The van der Waals surface area contributed by atoms with Gasteiger partial charge in [-0.3, -0.25) is 4.79 Å². The molecule has 0 spiro atoms. The van der Waals surface area contributed by atoms with Crippen molar-refractivity contribution in [2.75, 3.05) is 13.6 Å². The highest BCUT2D eigenvalue weighted by atomic mass is 16.1. The number of amidine groups is 1. The summed E-state index contributed by atoms with van der Waals surface area (Å²) in [6.45, 7) is 7.28. The zero-order valence-corrected chi connectivity index (χ0v) is 12.3. The van der Waals surface area contributed by atoms with E-state index in [-0.39, 0.29) is 5.78 Å². The monoisotopic (exact) mass is 250 g/mol. The van der Waals surface area contributed by atoms with Gasteiger partial charge in [0.05, 0.1) is 0 Å². The summed E-state index contributed by atoms with van der Waals surface area (Å²) in [6.07, 6.45) is 5.69. The minimum Gasteiger partial charge on any atom is -0.363 e. The molecule has 3 heteroatoms. The normalized spacial score (nSPS) is 19.3. The molecule has 0 aromatic rings. The van der Waals surface area contributed by atoms with Crippen molar-refractivity contribution in [2.45, 2.75) is 59.3 Å². The summed E-state index contributed by atoms with van der Waals surface area (Å²) in [5.74, 6) is 1.28. The van der Waals surface area contributed by atoms with Gasteiger partial charge in [0, 0.05) is 26.4 Å². The maximum Gasteiger partial charge on any atom is 0.181 e. The topological polar surface area (TPSA) is 32.7 Å². The molecule has 0 radical (unpaired) electrons. The van der Waals surface area contributed by atoms with E-state index >= 15 is 0 Å². The SMILES string of the molecule is CCCCC(=O)C(/N=C1/CCCN1C)=C(\C)CC. The lowest BCUT2D eigenvalue weighted by Gasteiger charge is -2.13. The van der Waals surface area contributed by atoms with E-state index in [9.17, 15) is 4.79 Å². The third-order valence-electron chi connectivity index (χ3n) is 3.53. The maximum absolute atomic E-state index is 12.2. The van der Waals surface area contributed by atoms with Crippen molar-refractivity contribution in [3.05, 3.63) is 11.3 Å². The molecular formula is C15H26N2O. The molecule has 0 aliphatic carbocycles. The third-order valence-corrected chi connectivity index (χ3v) is 3.53. The molecule has 0 aromatic carbocycles. The Hall–Kier alpha value is -1.12. The summed E-state index contributed by atoms with van der Waals surface area (Å²) in [5, 5.41) is 0. The lowest BCUT2D eigenvalue weighted by atomic mass is 10.1. The molecule has 18 heavy (non-hydrogen) atoms. The van der Waals surface area contributed by atoms with Crippen molar-refractivity contribution >= 4 is 11.6 Å². The molecule has 3 nitrogen and oxygen atoms in total. The quantitative estimate of drug-likeness (QED) is 0.675. The van der Waals surface area contributed by atoms with Gasteiger partial charge in [0.15, 0.2) is 5.78 Å². The van der Waals surface area contributed by atoms with Gasteiger partial charge in [-0.25, -0.2) is 4.99 Å². The van der Waals surface area contributed by atoms with E-state index in [1.807, 2.05) is 6.92 Å². The summed E-state index contributed by atoms with van der Waals surface area (Å²) >= 11 is 0. The molecular weight excluding hydrogens is 224 g/mol. The average molecular weight is 250 g/mol. The largest absolute Gasteiger partial charge is 0.363 e. The lowest BCUT2D eigenvalue weighted by molar-refractivity contribution is -0.115. The molecule has 0 bridgehead atoms. The fourth-order valence-corrected chi connectivity index (χ4v) is 2.08. The molecule has 102 valence electrons. The summed E-state index contributed by atoms with van der Waals surface area (Å²) in [7, 11) is 2.06. The fourth-order valence-electron chi connectivity index (χ4n) is 2.08. The average Bonchev–Trinajstić information content (AvgIpc) is 2.77. The summed E-state index contributed by atoms with van der Waals surface area (Å²) in [5.41, 5.74) is 1.83. The van der Waals surface area contributed by atoms with Crippen LogP contribution in [0.2, 0.25) is 0 Å². The highest BCUT2D eigenvalue weighted by Gasteiger charge is 2.18. The van der Waals surface area contributed by atoms with Crippen molar-refractivity contribution in [2.24, 2.45) is 4.99 Å². The van der Waals surface area contributed by atoms with Gasteiger partial charge in [0.2, 0.25) is 0 Å². The van der Waals surface area contributed by atoms with Crippen LogP contribution in [0.25, 0.3) is 0 Å². The zero-order chi connectivity index (χ0) is 13.5. The van der Waals surface area contributed by atoms with Gasteiger partial charge >= 0.3 is 0 Å². The van der Waals surface area contributed by atoms with Gasteiger partial charge in [0.25, 0.3) is 0 Å². The van der Waals surface area contributed by atoms with E-state index in [0.717, 1.165) is 55.8 Å². The Balaban J connectivity index is 2.90. The second-order valence-electron chi connectivity index (χ2n) is 5.06. The number of hydrogen-bond donors (Lipinski definition) is 0. The van der Waals surface area contributed by atoms with Crippen LogP contribution < -0.4 is 0 Å². The van der Waals surface area contributed by atoms with Crippen molar-refractivity contribution < 1.29 is 4.79 Å². The Bertz CT molecular complexity index is 356. The van der Waals surface area contributed by atoms with E-state index < -0.39 is 0 Å². The van der Waals surface area contributed by atoms with Crippen LogP contribution in [0.1, 0.15) is 59.3 Å². The number of carbonyl (C=O) groups excluding carboxylic acids is 1. The van der Waals surface area contributed by atoms with Crippen molar-refractivity contribution in [1.29, 1.82) is 0 Å². The third kappa shape index (κ3) is 3.97.